The van der Waals surface area contributed by atoms with Gasteiger partial charge >= 0.3 is 0 Å². The van der Waals surface area contributed by atoms with Crippen LogP contribution < -0.4 is 5.73 Å². The first-order valence-corrected chi connectivity index (χ1v) is 4.94. The molecule has 60 valence electrons. The zero-order valence-corrected chi connectivity index (χ0v) is 9.10. The Morgan fingerprint density at radius 1 is 1.70 bits per heavy atom. The van der Waals surface area contributed by atoms with Gasteiger partial charge in [0.05, 0.1) is 0 Å². The average Bonchev–Trinajstić information content (AvgIpc) is 1.83. The van der Waals surface area contributed by atoms with Crippen molar-refractivity contribution >= 4 is 22.6 Å². The zero-order chi connectivity index (χ0) is 8.36. The van der Waals surface area contributed by atoms with E-state index in [0.29, 0.717) is 5.92 Å². The molecule has 1 atom stereocenters. The topological polar surface area (TPSA) is 26.0 Å². The molecule has 0 radical (unpaired) electrons. The van der Waals surface area contributed by atoms with Gasteiger partial charge in [-0.25, -0.2) is 0 Å². The molecule has 1 unspecified atom stereocenters. The molecule has 0 amide bonds. The van der Waals surface area contributed by atoms with Gasteiger partial charge in [0.25, 0.3) is 0 Å². The van der Waals surface area contributed by atoms with E-state index in [2.05, 4.69) is 36.1 Å². The summed E-state index contributed by atoms with van der Waals surface area (Å²) in [4.78, 5) is 0. The van der Waals surface area contributed by atoms with E-state index < -0.39 is 0 Å². The fraction of sp³-hybridized carbons (Fsp3) is 0.750. The van der Waals surface area contributed by atoms with E-state index in [1.54, 1.807) is 0 Å². The van der Waals surface area contributed by atoms with Crippen LogP contribution in [0.3, 0.4) is 0 Å². The van der Waals surface area contributed by atoms with Crippen molar-refractivity contribution in [3.05, 3.63) is 12.2 Å². The van der Waals surface area contributed by atoms with Gasteiger partial charge in [-0.05, 0) is 19.8 Å². The lowest BCUT2D eigenvalue weighted by Gasteiger charge is -2.28. The molecule has 0 heterocycles. The van der Waals surface area contributed by atoms with Gasteiger partial charge in [-0.2, -0.15) is 0 Å². The summed E-state index contributed by atoms with van der Waals surface area (Å²) in [6, 6.07) is 0. The minimum absolute atomic E-state index is 0.123. The van der Waals surface area contributed by atoms with Crippen molar-refractivity contribution in [3.63, 3.8) is 0 Å². The van der Waals surface area contributed by atoms with E-state index in [1.165, 1.54) is 5.57 Å². The van der Waals surface area contributed by atoms with Crippen LogP contribution in [0.15, 0.2) is 12.2 Å². The highest BCUT2D eigenvalue weighted by Crippen LogP contribution is 2.21. The molecule has 0 aliphatic heterocycles. The molecule has 0 fully saturated rings. The fourth-order valence-electron chi connectivity index (χ4n) is 0.642. The van der Waals surface area contributed by atoms with Crippen molar-refractivity contribution in [2.45, 2.75) is 26.3 Å². The van der Waals surface area contributed by atoms with Gasteiger partial charge in [0, 0.05) is 9.97 Å². The number of halogens is 1. The quantitative estimate of drug-likeness (QED) is 0.466. The Labute approximate surface area is 77.2 Å². The molecule has 2 heteroatoms. The van der Waals surface area contributed by atoms with Crippen molar-refractivity contribution < 1.29 is 0 Å². The highest BCUT2D eigenvalue weighted by molar-refractivity contribution is 14.1. The molecule has 1 nitrogen and oxygen atoms in total. The molecule has 0 aliphatic rings. The van der Waals surface area contributed by atoms with Crippen LogP contribution in [0.25, 0.3) is 0 Å². The Morgan fingerprint density at radius 2 is 2.10 bits per heavy atom. The SMILES string of the molecule is C=C(CI)C(C)C(C)(C)N. The summed E-state index contributed by atoms with van der Waals surface area (Å²) in [6.45, 7) is 10.2. The monoisotopic (exact) mass is 253 g/mol. The van der Waals surface area contributed by atoms with Gasteiger partial charge < -0.3 is 5.73 Å². The van der Waals surface area contributed by atoms with Crippen molar-refractivity contribution in [1.82, 2.24) is 0 Å². The van der Waals surface area contributed by atoms with Crippen LogP contribution in [0.1, 0.15) is 20.8 Å². The maximum absolute atomic E-state index is 5.89. The van der Waals surface area contributed by atoms with Gasteiger partial charge in [-0.15, -0.1) is 0 Å². The van der Waals surface area contributed by atoms with Gasteiger partial charge in [-0.3, -0.25) is 0 Å². The third-order valence-electron chi connectivity index (χ3n) is 1.90. The van der Waals surface area contributed by atoms with Crippen molar-refractivity contribution in [2.24, 2.45) is 11.7 Å². The van der Waals surface area contributed by atoms with Crippen LogP contribution in [-0.2, 0) is 0 Å². The first-order valence-electron chi connectivity index (χ1n) is 3.42. The van der Waals surface area contributed by atoms with Crippen LogP contribution in [0.2, 0.25) is 0 Å². The minimum Gasteiger partial charge on any atom is -0.325 e. The Morgan fingerprint density at radius 3 is 2.20 bits per heavy atom. The molecule has 0 rings (SSSR count). The Balaban J connectivity index is 4.08. The van der Waals surface area contributed by atoms with Crippen LogP contribution in [-0.4, -0.2) is 9.97 Å². The molecule has 0 bridgehead atoms. The highest BCUT2D eigenvalue weighted by atomic mass is 127. The summed E-state index contributed by atoms with van der Waals surface area (Å²) in [5, 5.41) is 0. The number of hydrogen-bond acceptors (Lipinski definition) is 1. The van der Waals surface area contributed by atoms with E-state index in [9.17, 15) is 0 Å². The van der Waals surface area contributed by atoms with E-state index in [1.807, 2.05) is 13.8 Å². The molecule has 0 saturated heterocycles. The Bertz CT molecular complexity index is 124. The lowest BCUT2D eigenvalue weighted by Crippen LogP contribution is -2.40. The van der Waals surface area contributed by atoms with Crippen LogP contribution in [0, 0.1) is 5.92 Å². The molecule has 0 aromatic rings. The lowest BCUT2D eigenvalue weighted by molar-refractivity contribution is 0.394. The number of nitrogens with two attached hydrogens (primary N) is 1. The second-order valence-electron chi connectivity index (χ2n) is 3.33. The second kappa shape index (κ2) is 3.72. The molecule has 0 aromatic carbocycles. The number of rotatable bonds is 3. The molecular weight excluding hydrogens is 237 g/mol. The van der Waals surface area contributed by atoms with E-state index in [0.717, 1.165) is 4.43 Å². The summed E-state index contributed by atoms with van der Waals surface area (Å²) in [5.74, 6) is 0.407. The van der Waals surface area contributed by atoms with E-state index in [4.69, 9.17) is 5.73 Å². The molecule has 0 aromatic heterocycles. The summed E-state index contributed by atoms with van der Waals surface area (Å²) in [6.07, 6.45) is 0. The minimum atomic E-state index is -0.123. The standard InChI is InChI=1S/C8H16IN/c1-6(5-9)7(2)8(3,4)10/h7H,1,5,10H2,2-4H3. The molecular formula is C8H16IN. The average molecular weight is 253 g/mol. The fourth-order valence-corrected chi connectivity index (χ4v) is 1.30. The lowest BCUT2D eigenvalue weighted by atomic mass is 9.85. The van der Waals surface area contributed by atoms with Gasteiger partial charge in [-0.1, -0.05) is 41.7 Å². The maximum Gasteiger partial charge on any atom is 0.0206 e. The zero-order valence-electron chi connectivity index (χ0n) is 6.95. The molecule has 0 saturated carbocycles. The molecule has 0 aliphatic carbocycles. The second-order valence-corrected chi connectivity index (χ2v) is 4.10. The summed E-state index contributed by atoms with van der Waals surface area (Å²) in [7, 11) is 0. The third-order valence-corrected chi connectivity index (χ3v) is 2.88. The Kier molecular flexibility index (Phi) is 3.88. The van der Waals surface area contributed by atoms with Gasteiger partial charge in [0.15, 0.2) is 0 Å². The molecule has 10 heavy (non-hydrogen) atoms. The van der Waals surface area contributed by atoms with E-state index in [-0.39, 0.29) is 5.54 Å². The smallest absolute Gasteiger partial charge is 0.0206 e. The van der Waals surface area contributed by atoms with Crippen molar-refractivity contribution in [1.29, 1.82) is 0 Å². The first kappa shape index (κ1) is 10.4. The van der Waals surface area contributed by atoms with Crippen LogP contribution >= 0.6 is 22.6 Å². The highest BCUT2D eigenvalue weighted by Gasteiger charge is 2.21. The summed E-state index contributed by atoms with van der Waals surface area (Å²) < 4.78 is 1.000. The van der Waals surface area contributed by atoms with Crippen molar-refractivity contribution in [2.75, 3.05) is 4.43 Å². The normalized spacial score (nSPS) is 14.9. The third kappa shape index (κ3) is 3.01. The molecule has 2 N–H and O–H groups in total. The summed E-state index contributed by atoms with van der Waals surface area (Å²) >= 11 is 2.31. The van der Waals surface area contributed by atoms with Crippen LogP contribution in [0.5, 0.6) is 0 Å². The van der Waals surface area contributed by atoms with Gasteiger partial charge in [0.2, 0.25) is 0 Å². The number of hydrogen-bond donors (Lipinski definition) is 1. The Hall–Kier alpha value is 0.430. The first-order chi connectivity index (χ1) is 4.39. The predicted octanol–water partition coefficient (Wildman–Crippen LogP) is 2.35. The van der Waals surface area contributed by atoms with E-state index >= 15 is 0 Å². The predicted molar refractivity (Wildman–Crippen MR) is 55.5 cm³/mol. The van der Waals surface area contributed by atoms with Gasteiger partial charge in [0.1, 0.15) is 0 Å². The maximum atomic E-state index is 5.89. The largest absolute Gasteiger partial charge is 0.325 e. The van der Waals surface area contributed by atoms with Crippen molar-refractivity contribution in [3.8, 4) is 0 Å². The molecule has 0 spiro atoms. The summed E-state index contributed by atoms with van der Waals surface area (Å²) in [5.41, 5.74) is 7.00. The van der Waals surface area contributed by atoms with Crippen LogP contribution in [0.4, 0.5) is 0 Å². The number of alkyl halides is 1.